The van der Waals surface area contributed by atoms with E-state index in [1.165, 1.54) is 0 Å². The highest BCUT2D eigenvalue weighted by Gasteiger charge is 2.43. The zero-order chi connectivity index (χ0) is 18.6. The number of fused-ring (bicyclic) bond motifs is 1. The lowest BCUT2D eigenvalue weighted by Gasteiger charge is -2.37. The zero-order valence-corrected chi connectivity index (χ0v) is 16.0. The Bertz CT molecular complexity index is 940. The Hall–Kier alpha value is -2.46. The lowest BCUT2D eigenvalue weighted by molar-refractivity contribution is -0.119. The molecule has 0 bridgehead atoms. The lowest BCUT2D eigenvalue weighted by atomic mass is 9.70. The Morgan fingerprint density at radius 2 is 1.96 bits per heavy atom. The van der Waals surface area contributed by atoms with Crippen LogP contribution in [0.4, 0.5) is 0 Å². The maximum absolute atomic E-state index is 13.0. The van der Waals surface area contributed by atoms with Crippen molar-refractivity contribution in [3.8, 4) is 17.6 Å². The number of hydrogen-bond acceptors (Lipinski definition) is 6. The zero-order valence-electron chi connectivity index (χ0n) is 14.4. The van der Waals surface area contributed by atoms with Gasteiger partial charge in [0.25, 0.3) is 0 Å². The van der Waals surface area contributed by atoms with Gasteiger partial charge in [-0.25, -0.2) is 0 Å². The third-order valence-electron chi connectivity index (χ3n) is 4.88. The second-order valence-electron chi connectivity index (χ2n) is 7.43. The number of nitrogens with two attached hydrogens (primary N) is 1. The Morgan fingerprint density at radius 3 is 2.65 bits per heavy atom. The average molecular weight is 417 g/mol. The van der Waals surface area contributed by atoms with E-state index in [0.29, 0.717) is 35.7 Å². The van der Waals surface area contributed by atoms with Crippen LogP contribution in [0.15, 0.2) is 39.4 Å². The normalized spacial score (nSPS) is 23.5. The molecule has 0 fully saturated rings. The van der Waals surface area contributed by atoms with Crippen LogP contribution in [0.25, 0.3) is 0 Å². The fourth-order valence-corrected chi connectivity index (χ4v) is 4.30. The van der Waals surface area contributed by atoms with Crippen LogP contribution in [0.5, 0.6) is 11.5 Å². The molecule has 1 atom stereocenters. The second-order valence-corrected chi connectivity index (χ2v) is 8.28. The molecule has 0 radical (unpaired) electrons. The highest BCUT2D eigenvalue weighted by molar-refractivity contribution is 9.10. The second kappa shape index (κ2) is 5.78. The molecule has 3 aliphatic rings. The van der Waals surface area contributed by atoms with Crippen molar-refractivity contribution >= 4 is 21.7 Å². The maximum atomic E-state index is 13.0. The minimum Gasteiger partial charge on any atom is -0.454 e. The minimum atomic E-state index is -0.587. The Balaban J connectivity index is 1.92. The van der Waals surface area contributed by atoms with Gasteiger partial charge in [0, 0.05) is 22.9 Å². The SMILES string of the molecule is CC1(C)CC(=O)C2=C(C1)OC(N)=C(C#N)[C@@H]2c1cc2c(cc1Br)OCO2. The number of carbonyl (C=O) groups is 1. The first-order valence-corrected chi connectivity index (χ1v) is 9.03. The standard InChI is InChI=1S/C19H17BrN2O4/c1-19(2)5-12(23)17-15(6-19)26-18(22)10(7-21)16(17)9-3-13-14(4-11(9)20)25-8-24-13/h3-4,16H,5-6,8,22H2,1-2H3/t16-/m0/s1. The summed E-state index contributed by atoms with van der Waals surface area (Å²) >= 11 is 3.54. The molecule has 6 nitrogen and oxygen atoms in total. The molecule has 2 aliphatic heterocycles. The number of Topliss-reactive ketones (excluding diaryl/α,β-unsaturated/α-hetero) is 1. The van der Waals surface area contributed by atoms with Gasteiger partial charge in [0.05, 0.1) is 5.92 Å². The van der Waals surface area contributed by atoms with Crippen LogP contribution in [-0.4, -0.2) is 12.6 Å². The van der Waals surface area contributed by atoms with Gasteiger partial charge >= 0.3 is 0 Å². The van der Waals surface area contributed by atoms with Gasteiger partial charge in [-0.05, 0) is 23.1 Å². The predicted octanol–water partition coefficient (Wildman–Crippen LogP) is 3.63. The molecule has 0 amide bonds. The molecule has 1 aromatic carbocycles. The van der Waals surface area contributed by atoms with Gasteiger partial charge in [0.15, 0.2) is 17.3 Å². The van der Waals surface area contributed by atoms with Crippen LogP contribution < -0.4 is 15.2 Å². The van der Waals surface area contributed by atoms with Crippen molar-refractivity contribution in [3.63, 3.8) is 0 Å². The van der Waals surface area contributed by atoms with Crippen LogP contribution in [0.1, 0.15) is 38.2 Å². The minimum absolute atomic E-state index is 0.0222. The monoisotopic (exact) mass is 416 g/mol. The van der Waals surface area contributed by atoms with Gasteiger partial charge in [-0.3, -0.25) is 4.79 Å². The van der Waals surface area contributed by atoms with Crippen molar-refractivity contribution in [1.29, 1.82) is 5.26 Å². The van der Waals surface area contributed by atoms with Gasteiger partial charge in [0.2, 0.25) is 12.7 Å². The molecular formula is C19H17BrN2O4. The van der Waals surface area contributed by atoms with E-state index in [9.17, 15) is 10.1 Å². The molecule has 1 aliphatic carbocycles. The molecule has 26 heavy (non-hydrogen) atoms. The summed E-state index contributed by atoms with van der Waals surface area (Å²) in [6.07, 6.45) is 0.985. The van der Waals surface area contributed by atoms with Gasteiger partial charge in [-0.2, -0.15) is 5.26 Å². The molecule has 2 heterocycles. The highest BCUT2D eigenvalue weighted by atomic mass is 79.9. The van der Waals surface area contributed by atoms with Crippen molar-refractivity contribution < 1.29 is 19.0 Å². The van der Waals surface area contributed by atoms with E-state index in [0.717, 1.165) is 10.0 Å². The van der Waals surface area contributed by atoms with Crippen LogP contribution >= 0.6 is 15.9 Å². The van der Waals surface area contributed by atoms with E-state index < -0.39 is 5.92 Å². The summed E-state index contributed by atoms with van der Waals surface area (Å²) in [7, 11) is 0. The number of allylic oxidation sites excluding steroid dienone is 3. The fourth-order valence-electron chi connectivity index (χ4n) is 3.75. The first-order valence-electron chi connectivity index (χ1n) is 8.23. The van der Waals surface area contributed by atoms with Crippen molar-refractivity contribution in [1.82, 2.24) is 0 Å². The summed E-state index contributed by atoms with van der Waals surface area (Å²) in [5, 5.41) is 9.68. The number of benzene rings is 1. The van der Waals surface area contributed by atoms with E-state index in [4.69, 9.17) is 19.9 Å². The molecule has 4 rings (SSSR count). The van der Waals surface area contributed by atoms with Crippen molar-refractivity contribution in [2.75, 3.05) is 6.79 Å². The van der Waals surface area contributed by atoms with Gasteiger partial charge in [-0.1, -0.05) is 29.8 Å². The third kappa shape index (κ3) is 2.56. The largest absolute Gasteiger partial charge is 0.454 e. The Morgan fingerprint density at radius 1 is 1.27 bits per heavy atom. The van der Waals surface area contributed by atoms with E-state index in [-0.39, 0.29) is 29.4 Å². The quantitative estimate of drug-likeness (QED) is 0.750. The molecule has 7 heteroatoms. The number of ketones is 1. The number of nitriles is 1. The van der Waals surface area contributed by atoms with E-state index in [1.54, 1.807) is 12.1 Å². The summed E-state index contributed by atoms with van der Waals surface area (Å²) in [5.74, 6) is 1.19. The lowest BCUT2D eigenvalue weighted by Crippen LogP contribution is -2.33. The first-order chi connectivity index (χ1) is 12.3. The van der Waals surface area contributed by atoms with Crippen molar-refractivity contribution in [3.05, 3.63) is 45.0 Å². The maximum Gasteiger partial charge on any atom is 0.231 e. The number of ether oxygens (including phenoxy) is 3. The Labute approximate surface area is 159 Å². The summed E-state index contributed by atoms with van der Waals surface area (Å²) < 4.78 is 17.3. The topological polar surface area (TPSA) is 94.6 Å². The summed E-state index contributed by atoms with van der Waals surface area (Å²) in [4.78, 5) is 13.0. The van der Waals surface area contributed by atoms with Crippen molar-refractivity contribution in [2.45, 2.75) is 32.6 Å². The molecule has 1 aromatic rings. The molecule has 134 valence electrons. The van der Waals surface area contributed by atoms with E-state index >= 15 is 0 Å². The number of hydrogen-bond donors (Lipinski definition) is 1. The smallest absolute Gasteiger partial charge is 0.231 e. The van der Waals surface area contributed by atoms with Gasteiger partial charge < -0.3 is 19.9 Å². The van der Waals surface area contributed by atoms with Crippen LogP contribution in [0, 0.1) is 16.7 Å². The van der Waals surface area contributed by atoms with Crippen LogP contribution in [-0.2, 0) is 9.53 Å². The third-order valence-corrected chi connectivity index (χ3v) is 5.57. The molecule has 0 saturated carbocycles. The molecule has 2 N–H and O–H groups in total. The molecule has 0 spiro atoms. The van der Waals surface area contributed by atoms with E-state index in [2.05, 4.69) is 22.0 Å². The average Bonchev–Trinajstić information content (AvgIpc) is 2.98. The molecular weight excluding hydrogens is 400 g/mol. The number of carbonyl (C=O) groups excluding carboxylic acids is 1. The number of nitrogens with zero attached hydrogens (tertiary/aromatic N) is 1. The summed E-state index contributed by atoms with van der Waals surface area (Å²) in [5.41, 5.74) is 7.30. The molecule has 0 unspecified atom stereocenters. The summed E-state index contributed by atoms with van der Waals surface area (Å²) in [6, 6.07) is 5.71. The Kier molecular flexibility index (Phi) is 3.77. The molecule has 0 aromatic heterocycles. The fraction of sp³-hybridized carbons (Fsp3) is 0.368. The van der Waals surface area contributed by atoms with Crippen LogP contribution in [0.2, 0.25) is 0 Å². The molecule has 0 saturated heterocycles. The predicted molar refractivity (Wildman–Crippen MR) is 96.0 cm³/mol. The van der Waals surface area contributed by atoms with Crippen molar-refractivity contribution in [2.24, 2.45) is 11.1 Å². The first kappa shape index (κ1) is 17.0. The van der Waals surface area contributed by atoms with Gasteiger partial charge in [0.1, 0.15) is 17.4 Å². The number of rotatable bonds is 1. The summed E-state index contributed by atoms with van der Waals surface area (Å²) in [6.45, 7) is 4.18. The number of halogens is 1. The van der Waals surface area contributed by atoms with E-state index in [1.807, 2.05) is 13.8 Å². The van der Waals surface area contributed by atoms with Crippen LogP contribution in [0.3, 0.4) is 0 Å². The highest BCUT2D eigenvalue weighted by Crippen LogP contribution is 2.50. The van der Waals surface area contributed by atoms with Gasteiger partial charge in [-0.15, -0.1) is 0 Å².